The monoisotopic (exact) mass is 721 g/mol. The van der Waals surface area contributed by atoms with Gasteiger partial charge >= 0.3 is 18.1 Å². The second-order valence-electron chi connectivity index (χ2n) is 14.4. The number of piperidine rings is 1. The van der Waals surface area contributed by atoms with Crippen LogP contribution in [-0.2, 0) is 4.79 Å². The summed E-state index contributed by atoms with van der Waals surface area (Å²) in [6.45, 7) is 3.50. The Morgan fingerprint density at radius 1 is 1.08 bits per heavy atom. The minimum atomic E-state index is -4.99. The van der Waals surface area contributed by atoms with Gasteiger partial charge in [-0.1, -0.05) is 36.1 Å². The third-order valence-corrected chi connectivity index (χ3v) is 11.3. The van der Waals surface area contributed by atoms with Crippen molar-refractivity contribution in [1.29, 1.82) is 0 Å². The summed E-state index contributed by atoms with van der Waals surface area (Å²) >= 11 is 7.11. The van der Waals surface area contributed by atoms with Gasteiger partial charge in [-0.05, 0) is 86.8 Å². The van der Waals surface area contributed by atoms with Crippen LogP contribution >= 0.6 is 11.6 Å². The molecule has 2 bridgehead atoms. The predicted molar refractivity (Wildman–Crippen MR) is 186 cm³/mol. The van der Waals surface area contributed by atoms with Gasteiger partial charge in [0.15, 0.2) is 0 Å². The molecular weight excluding hydrogens is 686 g/mol. The Labute approximate surface area is 297 Å². The van der Waals surface area contributed by atoms with Crippen molar-refractivity contribution in [3.8, 4) is 35.2 Å². The Balaban J connectivity index is 1.22. The van der Waals surface area contributed by atoms with Crippen LogP contribution in [0.3, 0.4) is 0 Å². The van der Waals surface area contributed by atoms with E-state index in [1.54, 1.807) is 23.1 Å². The van der Waals surface area contributed by atoms with Gasteiger partial charge in [-0.3, -0.25) is 4.79 Å². The molecule has 1 N–H and O–H groups in total. The average Bonchev–Trinajstić information content (AvgIpc) is 3.82. The van der Waals surface area contributed by atoms with Crippen LogP contribution in [0.5, 0.6) is 11.8 Å². The number of aromatic hydroxyl groups is 1. The van der Waals surface area contributed by atoms with Gasteiger partial charge in [0.05, 0.1) is 29.2 Å². The number of hydrogen-bond donors (Lipinski definition) is 1. The van der Waals surface area contributed by atoms with Gasteiger partial charge in [0.25, 0.3) is 0 Å². The Morgan fingerprint density at radius 3 is 2.47 bits per heavy atom. The molecule has 13 heteroatoms. The minimum absolute atomic E-state index is 0.0206. The summed E-state index contributed by atoms with van der Waals surface area (Å²) in [7, 11) is 0. The molecular formula is C38H36ClF4N5O3. The Bertz CT molecular complexity index is 2080. The molecule has 1 aliphatic carbocycles. The number of rotatable bonds is 7. The molecule has 8 rings (SSSR count). The van der Waals surface area contributed by atoms with Gasteiger partial charge in [0.2, 0.25) is 0 Å². The van der Waals surface area contributed by atoms with E-state index in [9.17, 15) is 23.1 Å². The number of ether oxygens (including phenoxy) is 1. The largest absolute Gasteiger partial charge is 0.508 e. The maximum absolute atomic E-state index is 16.5. The first kappa shape index (κ1) is 33.8. The molecule has 51 heavy (non-hydrogen) atoms. The lowest BCUT2D eigenvalue weighted by molar-refractivity contribution is -0.188. The molecule has 2 unspecified atom stereocenters. The first-order valence-electron chi connectivity index (χ1n) is 17.4. The predicted octanol–water partition coefficient (Wildman–Crippen LogP) is 7.32. The fourth-order valence-corrected chi connectivity index (χ4v) is 8.67. The van der Waals surface area contributed by atoms with E-state index in [0.29, 0.717) is 35.8 Å². The number of aromatic nitrogens is 2. The number of terminal acetylenes is 1. The van der Waals surface area contributed by atoms with Gasteiger partial charge in [0.1, 0.15) is 17.4 Å². The number of amides is 1. The topological polar surface area (TPSA) is 82.0 Å². The number of alkyl halides is 3. The van der Waals surface area contributed by atoms with E-state index < -0.39 is 30.0 Å². The molecule has 0 spiro atoms. The number of hydrogen-bond acceptors (Lipinski definition) is 7. The molecule has 3 aromatic carbocycles. The molecule has 1 aromatic heterocycles. The van der Waals surface area contributed by atoms with E-state index in [2.05, 4.69) is 10.8 Å². The maximum atomic E-state index is 16.5. The molecule has 4 heterocycles. The van der Waals surface area contributed by atoms with Gasteiger partial charge in [0, 0.05) is 46.9 Å². The van der Waals surface area contributed by atoms with Crippen LogP contribution in [0, 0.1) is 23.6 Å². The van der Waals surface area contributed by atoms with Crippen LogP contribution < -0.4 is 9.64 Å². The zero-order valence-electron chi connectivity index (χ0n) is 27.8. The lowest BCUT2D eigenvalue weighted by Gasteiger charge is -2.42. The highest BCUT2D eigenvalue weighted by Crippen LogP contribution is 2.48. The molecule has 1 amide bonds. The molecule has 3 aliphatic heterocycles. The summed E-state index contributed by atoms with van der Waals surface area (Å²) in [4.78, 5) is 27.1. The number of benzene rings is 3. The van der Waals surface area contributed by atoms with Crippen molar-refractivity contribution in [2.24, 2.45) is 5.41 Å². The third kappa shape index (κ3) is 6.18. The van der Waals surface area contributed by atoms with E-state index in [1.165, 1.54) is 37.5 Å². The van der Waals surface area contributed by atoms with Crippen molar-refractivity contribution >= 4 is 45.0 Å². The summed E-state index contributed by atoms with van der Waals surface area (Å²) in [5, 5.41) is 12.0. The highest BCUT2D eigenvalue weighted by atomic mass is 35.5. The zero-order chi connectivity index (χ0) is 35.7. The van der Waals surface area contributed by atoms with Gasteiger partial charge in [-0.2, -0.15) is 23.1 Å². The Morgan fingerprint density at radius 2 is 1.80 bits per heavy atom. The SMILES string of the molecule is C#Cc1cccc2cc(O)cc(-c3c(F)cc4c(N5CC6CCC(C5)N6C(=O)C(F)(F)F)nc(OCC5(CN6CCCCC6)CC5)nc4c3Cl)c12. The van der Waals surface area contributed by atoms with E-state index in [-0.39, 0.29) is 63.1 Å². The normalized spacial score (nSPS) is 21.6. The summed E-state index contributed by atoms with van der Waals surface area (Å²) in [5.41, 5.74) is 0.886. The number of likely N-dealkylation sites (tertiary alicyclic amines) is 1. The van der Waals surface area contributed by atoms with Crippen LogP contribution in [0.15, 0.2) is 36.4 Å². The molecule has 4 aliphatic rings. The minimum Gasteiger partial charge on any atom is -0.508 e. The van der Waals surface area contributed by atoms with Gasteiger partial charge in [-0.25, -0.2) is 4.39 Å². The summed E-state index contributed by atoms with van der Waals surface area (Å²) in [5.74, 6) is 0.219. The summed E-state index contributed by atoms with van der Waals surface area (Å²) < 4.78 is 63.4. The highest BCUT2D eigenvalue weighted by Gasteiger charge is 2.52. The number of nitrogens with zero attached hydrogens (tertiary/aromatic N) is 5. The molecule has 1 saturated carbocycles. The average molecular weight is 722 g/mol. The molecule has 4 aromatic rings. The van der Waals surface area contributed by atoms with Gasteiger partial charge in [-0.15, -0.1) is 6.42 Å². The Hall–Kier alpha value is -4.34. The lowest BCUT2D eigenvalue weighted by atomic mass is 9.93. The standard InChI is InChI=1S/C38H36ClF4N5O3/c1-2-22-7-6-8-23-15-26(49)16-27(30(22)23)31-29(40)17-28-33(32(31)39)44-36(51-21-37(11-12-37)20-46-13-4-3-5-14-46)45-34(28)47-18-24-9-10-25(19-47)48(24)35(50)38(41,42)43/h1,6-8,15-17,24-25,49H,3-5,9-14,18-21H2. The number of phenolic OH excluding ortho intramolecular Hbond substituents is 1. The molecule has 4 fully saturated rings. The number of fused-ring (bicyclic) bond motifs is 4. The number of halogens is 5. The van der Waals surface area contributed by atoms with Crippen molar-refractivity contribution in [1.82, 2.24) is 19.8 Å². The van der Waals surface area contributed by atoms with E-state index in [1.807, 2.05) is 0 Å². The van der Waals surface area contributed by atoms with E-state index >= 15 is 4.39 Å². The van der Waals surface area contributed by atoms with Crippen molar-refractivity contribution in [3.05, 3.63) is 52.8 Å². The van der Waals surface area contributed by atoms with Gasteiger partial charge < -0.3 is 24.5 Å². The van der Waals surface area contributed by atoms with Crippen molar-refractivity contribution < 1.29 is 32.2 Å². The first-order chi connectivity index (χ1) is 24.4. The summed E-state index contributed by atoms with van der Waals surface area (Å²) in [6.07, 6.45) is 7.23. The van der Waals surface area contributed by atoms with Crippen molar-refractivity contribution in [2.75, 3.05) is 44.2 Å². The molecule has 8 nitrogen and oxygen atoms in total. The number of piperazine rings is 1. The molecule has 0 radical (unpaired) electrons. The number of phenols is 1. The van der Waals surface area contributed by atoms with E-state index in [0.717, 1.165) is 37.4 Å². The molecule has 3 saturated heterocycles. The number of carbonyl (C=O) groups is 1. The lowest BCUT2D eigenvalue weighted by Crippen LogP contribution is -2.59. The van der Waals surface area contributed by atoms with Crippen LogP contribution in [0.25, 0.3) is 32.8 Å². The highest BCUT2D eigenvalue weighted by molar-refractivity contribution is 6.38. The third-order valence-electron chi connectivity index (χ3n) is 11.0. The van der Waals surface area contributed by atoms with Crippen molar-refractivity contribution in [3.63, 3.8) is 0 Å². The van der Waals surface area contributed by atoms with Crippen LogP contribution in [-0.4, -0.2) is 88.4 Å². The molecule has 266 valence electrons. The second kappa shape index (κ2) is 12.7. The molecule has 2 atom stereocenters. The maximum Gasteiger partial charge on any atom is 0.471 e. The van der Waals surface area contributed by atoms with Crippen LogP contribution in [0.1, 0.15) is 50.5 Å². The smallest absolute Gasteiger partial charge is 0.471 e. The fourth-order valence-electron chi connectivity index (χ4n) is 8.33. The quantitative estimate of drug-likeness (QED) is 0.158. The van der Waals surface area contributed by atoms with E-state index in [4.69, 9.17) is 32.7 Å². The number of anilines is 1. The fraction of sp³-hybridized carbons (Fsp3) is 0.447. The number of carbonyl (C=O) groups excluding carboxylic acids is 1. The van der Waals surface area contributed by atoms with Crippen molar-refractivity contribution in [2.45, 2.75) is 63.2 Å². The second-order valence-corrected chi connectivity index (χ2v) is 14.8. The first-order valence-corrected chi connectivity index (χ1v) is 17.7. The van der Waals surface area contributed by atoms with Crippen LogP contribution in [0.4, 0.5) is 23.4 Å². The van der Waals surface area contributed by atoms with Crippen LogP contribution in [0.2, 0.25) is 5.02 Å². The zero-order valence-corrected chi connectivity index (χ0v) is 28.5. The Kier molecular flexibility index (Phi) is 8.42. The summed E-state index contributed by atoms with van der Waals surface area (Å²) in [6, 6.07) is 8.04.